The van der Waals surface area contributed by atoms with E-state index in [2.05, 4.69) is 131 Å². The molecule has 207 valence electrons. The second-order valence-corrected chi connectivity index (χ2v) is 13.6. The quantitative estimate of drug-likeness (QED) is 0.280. The topological polar surface area (TPSA) is 0 Å². The van der Waals surface area contributed by atoms with Crippen LogP contribution in [-0.2, 0) is 24.7 Å². The van der Waals surface area contributed by atoms with Crippen LogP contribution in [0.5, 0.6) is 0 Å². The van der Waals surface area contributed by atoms with Crippen molar-refractivity contribution in [3.63, 3.8) is 0 Å². The molecule has 0 heterocycles. The van der Waals surface area contributed by atoms with Crippen molar-refractivity contribution in [1.82, 2.24) is 0 Å². The van der Waals surface area contributed by atoms with Crippen LogP contribution in [-0.4, -0.2) is 0 Å². The zero-order valence-electron chi connectivity index (χ0n) is 24.3. The minimum atomic E-state index is 0. The summed E-state index contributed by atoms with van der Waals surface area (Å²) in [5, 5.41) is 0. The predicted molar refractivity (Wildman–Crippen MR) is 163 cm³/mol. The molecule has 41 heavy (non-hydrogen) atoms. The van der Waals surface area contributed by atoms with E-state index in [1.165, 1.54) is 74.9 Å². The first-order chi connectivity index (χ1) is 18.9. The fourth-order valence-corrected chi connectivity index (χ4v) is 7.68. The van der Waals surface area contributed by atoms with Crippen molar-refractivity contribution in [3.8, 4) is 33.4 Å². The molecule has 2 aliphatic carbocycles. The fraction of sp³-hybridized carbons (Fsp3) is 0.263. The Balaban J connectivity index is 0.00000194. The molecule has 0 radical (unpaired) electrons. The van der Waals surface area contributed by atoms with Crippen molar-refractivity contribution in [3.05, 3.63) is 125 Å². The number of hydrogen-bond acceptors (Lipinski definition) is 0. The molecule has 4 aromatic carbocycles. The second-order valence-electron chi connectivity index (χ2n) is 12.1. The van der Waals surface area contributed by atoms with E-state index in [1.54, 1.807) is 30.3 Å². The Morgan fingerprint density at radius 1 is 0.707 bits per heavy atom. The fourth-order valence-electron chi connectivity index (χ4n) is 6.35. The molecule has 0 nitrogen and oxygen atoms in total. The van der Waals surface area contributed by atoms with Crippen LogP contribution < -0.4 is 24.8 Å². The van der Waals surface area contributed by atoms with E-state index in [0.29, 0.717) is 9.54 Å². The van der Waals surface area contributed by atoms with E-state index in [9.17, 15) is 0 Å². The first-order valence-corrected chi connectivity index (χ1v) is 15.9. The van der Waals surface area contributed by atoms with Gasteiger partial charge in [0.1, 0.15) is 0 Å². The Hall–Kier alpha value is -2.18. The van der Waals surface area contributed by atoms with Gasteiger partial charge in [0.25, 0.3) is 0 Å². The average Bonchev–Trinajstić information content (AvgIpc) is 3.51. The second kappa shape index (κ2) is 13.0. The monoisotopic (exact) mass is 653 g/mol. The van der Waals surface area contributed by atoms with Crippen molar-refractivity contribution in [1.29, 1.82) is 0 Å². The van der Waals surface area contributed by atoms with Crippen molar-refractivity contribution in [2.24, 2.45) is 11.3 Å². The third-order valence-electron chi connectivity index (χ3n) is 8.49. The maximum atomic E-state index is 2.59. The number of rotatable bonds is 6. The molecule has 0 saturated heterocycles. The van der Waals surface area contributed by atoms with Gasteiger partial charge < -0.3 is 24.8 Å². The van der Waals surface area contributed by atoms with Gasteiger partial charge in [-0.25, -0.2) is 0 Å². The first kappa shape index (κ1) is 31.8. The first-order valence-electron chi connectivity index (χ1n) is 14.4. The average molecular weight is 656 g/mol. The summed E-state index contributed by atoms with van der Waals surface area (Å²) in [5.41, 5.74) is 15.9. The van der Waals surface area contributed by atoms with Gasteiger partial charge in [-0.05, 0) is 0 Å². The number of allylic oxidation sites excluding steroid dienone is 4. The Kier molecular flexibility index (Phi) is 10.1. The summed E-state index contributed by atoms with van der Waals surface area (Å²) in [4.78, 5) is 0. The molecule has 0 bridgehead atoms. The number of halogens is 2. The van der Waals surface area contributed by atoms with Crippen LogP contribution in [0.15, 0.2) is 109 Å². The molecule has 0 spiro atoms. The van der Waals surface area contributed by atoms with Crippen molar-refractivity contribution in [2.75, 3.05) is 0 Å². The minimum Gasteiger partial charge on any atom is -1.00 e. The van der Waals surface area contributed by atoms with Crippen LogP contribution >= 0.6 is 0 Å². The van der Waals surface area contributed by atoms with Gasteiger partial charge in [0.15, 0.2) is 0 Å². The summed E-state index contributed by atoms with van der Waals surface area (Å²) in [6.07, 6.45) is 8.85. The minimum absolute atomic E-state index is 0. The molecule has 0 aromatic heterocycles. The van der Waals surface area contributed by atoms with Gasteiger partial charge in [-0.1, -0.05) is 0 Å². The number of unbranched alkanes of at least 4 members (excludes halogenated alkanes) is 1. The normalized spacial score (nSPS) is 17.1. The number of hydrogen-bond donors (Lipinski definition) is 0. The molecule has 6 rings (SSSR count). The van der Waals surface area contributed by atoms with Crippen LogP contribution in [0, 0.1) is 11.3 Å². The maximum absolute atomic E-state index is 2.59. The third kappa shape index (κ3) is 6.02. The van der Waals surface area contributed by atoms with E-state index in [0.717, 1.165) is 0 Å². The number of benzene rings is 4. The zero-order valence-corrected chi connectivity index (χ0v) is 28.3. The van der Waals surface area contributed by atoms with Gasteiger partial charge in [0.05, 0.1) is 0 Å². The Bertz CT molecular complexity index is 1580. The van der Waals surface area contributed by atoms with E-state index in [-0.39, 0.29) is 30.2 Å². The molecule has 2 atom stereocenters. The molecule has 0 fully saturated rings. The van der Waals surface area contributed by atoms with E-state index < -0.39 is 0 Å². The predicted octanol–water partition coefficient (Wildman–Crippen LogP) is 4.82. The maximum Gasteiger partial charge on any atom is -1.00 e. The van der Waals surface area contributed by atoms with Gasteiger partial charge in [-0.2, -0.15) is 0 Å². The van der Waals surface area contributed by atoms with Gasteiger partial charge in [0, 0.05) is 0 Å². The molecule has 0 N–H and O–H groups in total. The summed E-state index contributed by atoms with van der Waals surface area (Å²) in [7, 11) is 0. The standard InChI is InChI=1S/C38H37.2ClH.Zr/c1-5-6-13-29-23-31(38(2,3)4)25-35(29)37-33(27-16-11-8-12-17-27)20-21-34-32-19-18-28(22-30(32)24-36(34)37)26-14-9-7-10-15-26;;;/h7-12,14-25,29H,5-6,13H2,1-4H3;2*1H;/q;;;+2/p-2. The molecule has 3 heteroatoms. The van der Waals surface area contributed by atoms with Crippen LogP contribution in [0.25, 0.3) is 39.0 Å². The van der Waals surface area contributed by atoms with Crippen LogP contribution in [0.2, 0.25) is 0 Å². The van der Waals surface area contributed by atoms with Gasteiger partial charge in [0.2, 0.25) is 0 Å². The van der Waals surface area contributed by atoms with Gasteiger partial charge >= 0.3 is 251 Å². The number of fused-ring (bicyclic) bond motifs is 3. The Labute approximate surface area is 274 Å². The molecule has 0 saturated carbocycles. The summed E-state index contributed by atoms with van der Waals surface area (Å²) < 4.78 is 0.427. The third-order valence-corrected chi connectivity index (χ3v) is 9.97. The summed E-state index contributed by atoms with van der Waals surface area (Å²) in [6, 6.07) is 33.8. The Morgan fingerprint density at radius 2 is 1.32 bits per heavy atom. The molecule has 2 unspecified atom stereocenters. The summed E-state index contributed by atoms with van der Waals surface area (Å²) in [6.45, 7) is 9.39. The Morgan fingerprint density at radius 3 is 1.95 bits per heavy atom. The van der Waals surface area contributed by atoms with Crippen molar-refractivity contribution < 1.29 is 49.5 Å². The van der Waals surface area contributed by atoms with Crippen LogP contribution in [0.4, 0.5) is 0 Å². The van der Waals surface area contributed by atoms with Gasteiger partial charge in [-0.3, -0.25) is 0 Å². The van der Waals surface area contributed by atoms with Crippen molar-refractivity contribution in [2.45, 2.75) is 50.6 Å². The SMILES string of the molecule is CCCCC1C=C(C(C)(C)C)C=C1c1c(-c2ccccc2)ccc2c1[CH]([Zr+2])c1cc(-c3ccccc3)ccc1-2.[Cl-].[Cl-]. The van der Waals surface area contributed by atoms with E-state index in [1.807, 2.05) is 0 Å². The van der Waals surface area contributed by atoms with Gasteiger partial charge in [-0.15, -0.1) is 0 Å². The largest absolute Gasteiger partial charge is 1.00 e. The molecular weight excluding hydrogens is 619 g/mol. The molecule has 4 aromatic rings. The van der Waals surface area contributed by atoms with Crippen LogP contribution in [0.1, 0.15) is 67.3 Å². The van der Waals surface area contributed by atoms with Crippen molar-refractivity contribution >= 4 is 5.57 Å². The summed E-state index contributed by atoms with van der Waals surface area (Å²) >= 11 is 1.56. The van der Waals surface area contributed by atoms with E-state index >= 15 is 0 Å². The zero-order chi connectivity index (χ0) is 27.1. The molecule has 2 aliphatic rings. The molecular formula is C38H37Cl2Zr. The molecule has 0 amide bonds. The van der Waals surface area contributed by atoms with E-state index in [4.69, 9.17) is 0 Å². The smallest absolute Gasteiger partial charge is 1.00 e. The summed E-state index contributed by atoms with van der Waals surface area (Å²) in [5.74, 6) is 0.472. The molecule has 0 aliphatic heterocycles. The van der Waals surface area contributed by atoms with Crippen LogP contribution in [0.3, 0.4) is 0 Å².